The lowest BCUT2D eigenvalue weighted by Crippen LogP contribution is -2.10. The van der Waals surface area contributed by atoms with Gasteiger partial charge in [0.1, 0.15) is 11.2 Å². The fourth-order valence-electron chi connectivity index (χ4n) is 6.73. The number of hydrogen-bond donors (Lipinski definition) is 0. The van der Waals surface area contributed by atoms with Gasteiger partial charge in [0, 0.05) is 38.6 Å². The molecule has 0 aliphatic heterocycles. The van der Waals surface area contributed by atoms with Gasteiger partial charge in [0.15, 0.2) is 0 Å². The van der Waals surface area contributed by atoms with Gasteiger partial charge < -0.3 is 13.9 Å². The Labute approximate surface area is 248 Å². The normalized spacial score (nSPS) is 11.7. The standard InChI is InChI=1S/C40H26N2O/c1-3-12-28(13-4-1)41(30-23-24-31-27(26-30)22-25-38-39(31)33-17-8-10-21-37(33)43-38)35-19-11-20-36-40(35)32-16-7-9-18-34(32)42(36)29-14-5-2-6-15-29/h1-26H. The summed E-state index contributed by atoms with van der Waals surface area (Å²) < 4.78 is 8.57. The van der Waals surface area contributed by atoms with Crippen LogP contribution in [0.3, 0.4) is 0 Å². The fraction of sp³-hybridized carbons (Fsp3) is 0. The van der Waals surface area contributed by atoms with E-state index in [1.54, 1.807) is 0 Å². The van der Waals surface area contributed by atoms with Crippen LogP contribution in [0.15, 0.2) is 162 Å². The number of fused-ring (bicyclic) bond motifs is 8. The molecule has 0 saturated carbocycles. The van der Waals surface area contributed by atoms with E-state index in [9.17, 15) is 0 Å². The second-order valence-electron chi connectivity index (χ2n) is 11.0. The van der Waals surface area contributed by atoms with E-state index < -0.39 is 0 Å². The quantitative estimate of drug-likeness (QED) is 0.217. The summed E-state index contributed by atoms with van der Waals surface area (Å²) in [6, 6.07) is 56.0. The molecule has 0 spiro atoms. The molecular weight excluding hydrogens is 524 g/mol. The molecule has 0 atom stereocenters. The molecule has 2 heterocycles. The molecule has 0 saturated heterocycles. The number of hydrogen-bond acceptors (Lipinski definition) is 2. The first kappa shape index (κ1) is 23.9. The Kier molecular flexibility index (Phi) is 5.20. The van der Waals surface area contributed by atoms with Crippen LogP contribution < -0.4 is 4.90 Å². The van der Waals surface area contributed by atoms with Gasteiger partial charge in [-0.25, -0.2) is 0 Å². The summed E-state index contributed by atoms with van der Waals surface area (Å²) in [6.07, 6.45) is 0. The van der Waals surface area contributed by atoms with Crippen LogP contribution >= 0.6 is 0 Å². The van der Waals surface area contributed by atoms with Gasteiger partial charge in [-0.3, -0.25) is 0 Å². The average Bonchev–Trinajstić information content (AvgIpc) is 3.62. The Morgan fingerprint density at radius 3 is 2.02 bits per heavy atom. The average molecular weight is 551 g/mol. The first-order valence-electron chi connectivity index (χ1n) is 14.6. The maximum Gasteiger partial charge on any atom is 0.136 e. The van der Waals surface area contributed by atoms with E-state index in [-0.39, 0.29) is 0 Å². The zero-order valence-corrected chi connectivity index (χ0v) is 23.3. The summed E-state index contributed by atoms with van der Waals surface area (Å²) >= 11 is 0. The van der Waals surface area contributed by atoms with Crippen LogP contribution in [0, 0.1) is 0 Å². The highest BCUT2D eigenvalue weighted by molar-refractivity contribution is 6.20. The van der Waals surface area contributed by atoms with Crippen LogP contribution in [0.1, 0.15) is 0 Å². The summed E-state index contributed by atoms with van der Waals surface area (Å²) in [6.45, 7) is 0. The SMILES string of the molecule is c1ccc(N(c2ccc3c(ccc4oc5ccccc5c43)c2)c2cccc3c2c2ccccc2n3-c2ccccc2)cc1. The molecule has 0 bridgehead atoms. The number of para-hydroxylation sites is 4. The van der Waals surface area contributed by atoms with Crippen LogP contribution in [-0.4, -0.2) is 4.57 Å². The van der Waals surface area contributed by atoms with Crippen molar-refractivity contribution in [1.29, 1.82) is 0 Å². The minimum Gasteiger partial charge on any atom is -0.456 e. The lowest BCUT2D eigenvalue weighted by atomic mass is 10.0. The highest BCUT2D eigenvalue weighted by Crippen LogP contribution is 2.45. The monoisotopic (exact) mass is 550 g/mol. The van der Waals surface area contributed by atoms with Crippen molar-refractivity contribution in [2.24, 2.45) is 0 Å². The van der Waals surface area contributed by atoms with Crippen LogP contribution in [0.25, 0.3) is 60.2 Å². The highest BCUT2D eigenvalue weighted by Gasteiger charge is 2.21. The van der Waals surface area contributed by atoms with E-state index in [4.69, 9.17) is 4.42 Å². The molecule has 7 aromatic carbocycles. The Balaban J connectivity index is 1.33. The van der Waals surface area contributed by atoms with Gasteiger partial charge in [-0.1, -0.05) is 91.0 Å². The number of anilines is 3. The van der Waals surface area contributed by atoms with Gasteiger partial charge in [-0.2, -0.15) is 0 Å². The van der Waals surface area contributed by atoms with E-state index in [0.717, 1.165) is 39.3 Å². The predicted octanol–water partition coefficient (Wildman–Crippen LogP) is 11.3. The molecule has 3 heteroatoms. The van der Waals surface area contributed by atoms with Crippen molar-refractivity contribution in [3.05, 3.63) is 158 Å². The van der Waals surface area contributed by atoms with Gasteiger partial charge in [-0.05, 0) is 77.5 Å². The summed E-state index contributed by atoms with van der Waals surface area (Å²) in [5, 5.41) is 7.13. The predicted molar refractivity (Wildman–Crippen MR) is 180 cm³/mol. The second-order valence-corrected chi connectivity index (χ2v) is 11.0. The lowest BCUT2D eigenvalue weighted by Gasteiger charge is -2.27. The minimum absolute atomic E-state index is 0.917. The minimum atomic E-state index is 0.917. The first-order valence-corrected chi connectivity index (χ1v) is 14.6. The molecule has 9 rings (SSSR count). The third kappa shape index (κ3) is 3.62. The van der Waals surface area contributed by atoms with E-state index in [0.29, 0.717) is 0 Å². The van der Waals surface area contributed by atoms with Gasteiger partial charge in [-0.15, -0.1) is 0 Å². The molecule has 0 N–H and O–H groups in total. The molecule has 3 nitrogen and oxygen atoms in total. The Morgan fingerprint density at radius 1 is 0.442 bits per heavy atom. The number of benzene rings is 7. The zero-order chi connectivity index (χ0) is 28.3. The lowest BCUT2D eigenvalue weighted by molar-refractivity contribution is 0.669. The van der Waals surface area contributed by atoms with Crippen molar-refractivity contribution >= 4 is 71.6 Å². The van der Waals surface area contributed by atoms with Crippen molar-refractivity contribution < 1.29 is 4.42 Å². The van der Waals surface area contributed by atoms with Crippen LogP contribution in [0.4, 0.5) is 17.1 Å². The maximum atomic E-state index is 6.19. The Morgan fingerprint density at radius 2 is 1.16 bits per heavy atom. The molecule has 0 fully saturated rings. The smallest absolute Gasteiger partial charge is 0.136 e. The van der Waals surface area contributed by atoms with Crippen molar-refractivity contribution in [2.75, 3.05) is 4.90 Å². The molecule has 0 aliphatic carbocycles. The Hall–Kier alpha value is -5.80. The number of aromatic nitrogens is 1. The molecule has 43 heavy (non-hydrogen) atoms. The third-order valence-electron chi connectivity index (χ3n) is 8.55. The van der Waals surface area contributed by atoms with Gasteiger partial charge >= 0.3 is 0 Å². The summed E-state index contributed by atoms with van der Waals surface area (Å²) in [7, 11) is 0. The van der Waals surface area contributed by atoms with E-state index in [1.807, 2.05) is 12.1 Å². The molecule has 202 valence electrons. The number of rotatable bonds is 4. The van der Waals surface area contributed by atoms with Crippen molar-refractivity contribution in [1.82, 2.24) is 4.57 Å². The van der Waals surface area contributed by atoms with Crippen LogP contribution in [-0.2, 0) is 0 Å². The number of nitrogens with zero attached hydrogens (tertiary/aromatic N) is 2. The maximum absolute atomic E-state index is 6.19. The van der Waals surface area contributed by atoms with Crippen LogP contribution in [0.5, 0.6) is 0 Å². The van der Waals surface area contributed by atoms with Gasteiger partial charge in [0.2, 0.25) is 0 Å². The third-order valence-corrected chi connectivity index (χ3v) is 8.55. The number of furan rings is 1. The van der Waals surface area contributed by atoms with Crippen molar-refractivity contribution in [3.63, 3.8) is 0 Å². The molecule has 0 aliphatic rings. The van der Waals surface area contributed by atoms with Crippen LogP contribution in [0.2, 0.25) is 0 Å². The van der Waals surface area contributed by atoms with Gasteiger partial charge in [0.25, 0.3) is 0 Å². The molecule has 0 radical (unpaired) electrons. The summed E-state index contributed by atoms with van der Waals surface area (Å²) in [5.74, 6) is 0. The van der Waals surface area contributed by atoms with Crippen molar-refractivity contribution in [3.8, 4) is 5.69 Å². The largest absolute Gasteiger partial charge is 0.456 e. The molecular formula is C40H26N2O. The van der Waals surface area contributed by atoms with E-state index in [1.165, 1.54) is 38.0 Å². The first-order chi connectivity index (χ1) is 21.3. The molecule has 2 aromatic heterocycles. The van der Waals surface area contributed by atoms with Crippen molar-refractivity contribution in [2.45, 2.75) is 0 Å². The molecule has 0 amide bonds. The Bertz CT molecular complexity index is 2450. The van der Waals surface area contributed by atoms with E-state index in [2.05, 4.69) is 155 Å². The fourth-order valence-corrected chi connectivity index (χ4v) is 6.73. The molecule has 9 aromatic rings. The second kappa shape index (κ2) is 9.37. The van der Waals surface area contributed by atoms with Gasteiger partial charge in [0.05, 0.1) is 16.7 Å². The summed E-state index contributed by atoms with van der Waals surface area (Å²) in [4.78, 5) is 2.39. The highest BCUT2D eigenvalue weighted by atomic mass is 16.3. The molecule has 0 unspecified atom stereocenters. The zero-order valence-electron chi connectivity index (χ0n) is 23.3. The summed E-state index contributed by atoms with van der Waals surface area (Å²) in [5.41, 5.74) is 8.72. The van der Waals surface area contributed by atoms with E-state index >= 15 is 0 Å². The topological polar surface area (TPSA) is 21.3 Å².